The Kier molecular flexibility index (Phi) is 6.25. The highest BCUT2D eigenvalue weighted by Gasteiger charge is 2.40. The summed E-state index contributed by atoms with van der Waals surface area (Å²) in [4.78, 5) is 0. The van der Waals surface area contributed by atoms with Crippen molar-refractivity contribution in [2.24, 2.45) is 5.92 Å². The van der Waals surface area contributed by atoms with Gasteiger partial charge < -0.3 is 5.32 Å². The van der Waals surface area contributed by atoms with E-state index in [1.54, 1.807) is 0 Å². The van der Waals surface area contributed by atoms with E-state index >= 15 is 0 Å². The molecule has 1 aliphatic rings. The topological polar surface area (TPSA) is 12.0 Å². The van der Waals surface area contributed by atoms with E-state index in [1.807, 2.05) is 24.3 Å². The molecule has 0 amide bonds. The zero-order chi connectivity index (χ0) is 18.6. The van der Waals surface area contributed by atoms with Gasteiger partial charge in [-0.25, -0.2) is 0 Å². The fourth-order valence-electron chi connectivity index (χ4n) is 3.53. The number of hydrogen-bond acceptors (Lipinski definition) is 1. The summed E-state index contributed by atoms with van der Waals surface area (Å²) in [6, 6.07) is 13.5. The van der Waals surface area contributed by atoms with E-state index in [0.717, 1.165) is 25.9 Å². The number of aryl methyl sites for hydroxylation is 1. The predicted molar refractivity (Wildman–Crippen MR) is 99.7 cm³/mol. The lowest BCUT2D eigenvalue weighted by atomic mass is 9.90. The minimum atomic E-state index is -4.29. The van der Waals surface area contributed by atoms with Gasteiger partial charge in [0.25, 0.3) is 0 Å². The molecule has 0 saturated carbocycles. The van der Waals surface area contributed by atoms with Gasteiger partial charge in [-0.15, -0.1) is 0 Å². The molecular weight excluding hydrogens is 359 g/mol. The SMILES string of the molecule is FC(F)(F)C(Cc1ccc(CCC2CCNC2)cc1)c1ccc(Cl)cc1. The van der Waals surface area contributed by atoms with Crippen LogP contribution in [0.15, 0.2) is 48.5 Å². The lowest BCUT2D eigenvalue weighted by Crippen LogP contribution is -2.23. The van der Waals surface area contributed by atoms with E-state index in [4.69, 9.17) is 11.6 Å². The average Bonchev–Trinajstić information content (AvgIpc) is 3.12. The van der Waals surface area contributed by atoms with Crippen molar-refractivity contribution in [1.29, 1.82) is 0 Å². The Labute approximate surface area is 157 Å². The predicted octanol–water partition coefficient (Wildman–Crippen LogP) is 5.77. The first-order valence-corrected chi connectivity index (χ1v) is 9.40. The number of rotatable bonds is 6. The van der Waals surface area contributed by atoms with Crippen LogP contribution in [0.25, 0.3) is 0 Å². The third-order valence-corrected chi connectivity index (χ3v) is 5.39. The van der Waals surface area contributed by atoms with Gasteiger partial charge >= 0.3 is 6.18 Å². The Bertz CT molecular complexity index is 689. The molecule has 1 nitrogen and oxygen atoms in total. The normalized spacial score (nSPS) is 18.8. The molecule has 26 heavy (non-hydrogen) atoms. The molecule has 0 spiro atoms. The number of halogens is 4. The van der Waals surface area contributed by atoms with E-state index in [9.17, 15) is 13.2 Å². The molecule has 2 unspecified atom stereocenters. The second kappa shape index (κ2) is 8.45. The summed E-state index contributed by atoms with van der Waals surface area (Å²) >= 11 is 5.80. The zero-order valence-corrected chi connectivity index (χ0v) is 15.3. The van der Waals surface area contributed by atoms with Crippen LogP contribution in [0.5, 0.6) is 0 Å². The van der Waals surface area contributed by atoms with Gasteiger partial charge in [-0.1, -0.05) is 48.0 Å². The third-order valence-electron chi connectivity index (χ3n) is 5.13. The summed E-state index contributed by atoms with van der Waals surface area (Å²) in [6.45, 7) is 2.17. The van der Waals surface area contributed by atoms with E-state index in [-0.39, 0.29) is 12.0 Å². The molecule has 5 heteroatoms. The summed E-state index contributed by atoms with van der Waals surface area (Å²) in [6.07, 6.45) is -1.03. The summed E-state index contributed by atoms with van der Waals surface area (Å²) in [5.74, 6) is -0.802. The molecule has 1 saturated heterocycles. The van der Waals surface area contributed by atoms with Crippen molar-refractivity contribution in [3.63, 3.8) is 0 Å². The van der Waals surface area contributed by atoms with E-state index in [1.165, 1.54) is 36.2 Å². The van der Waals surface area contributed by atoms with Crippen LogP contribution in [0, 0.1) is 5.92 Å². The molecule has 3 rings (SSSR count). The van der Waals surface area contributed by atoms with Gasteiger partial charge in [-0.05, 0) is 73.5 Å². The summed E-state index contributed by atoms with van der Waals surface area (Å²) in [5, 5.41) is 3.80. The van der Waals surface area contributed by atoms with Crippen LogP contribution >= 0.6 is 11.6 Å². The summed E-state index contributed by atoms with van der Waals surface area (Å²) in [5.41, 5.74) is 2.14. The maximum Gasteiger partial charge on any atom is 0.396 e. The van der Waals surface area contributed by atoms with Crippen LogP contribution in [0.4, 0.5) is 13.2 Å². The molecule has 1 N–H and O–H groups in total. The van der Waals surface area contributed by atoms with Gasteiger partial charge in [0.05, 0.1) is 5.92 Å². The first-order valence-electron chi connectivity index (χ1n) is 9.02. The van der Waals surface area contributed by atoms with Crippen LogP contribution in [-0.2, 0) is 12.8 Å². The van der Waals surface area contributed by atoms with Gasteiger partial charge in [-0.2, -0.15) is 13.2 Å². The molecule has 1 heterocycles. The van der Waals surface area contributed by atoms with Crippen LogP contribution in [0.2, 0.25) is 5.02 Å². The molecule has 140 valence electrons. The van der Waals surface area contributed by atoms with E-state index in [0.29, 0.717) is 16.5 Å². The number of alkyl halides is 3. The molecule has 1 aliphatic heterocycles. The second-order valence-corrected chi connectivity index (χ2v) is 7.50. The first-order chi connectivity index (χ1) is 12.4. The van der Waals surface area contributed by atoms with Crippen LogP contribution < -0.4 is 5.32 Å². The molecule has 0 bridgehead atoms. The Morgan fingerprint density at radius 3 is 2.23 bits per heavy atom. The van der Waals surface area contributed by atoms with Gasteiger partial charge in [0, 0.05) is 5.02 Å². The number of hydrogen-bond donors (Lipinski definition) is 1. The fraction of sp³-hybridized carbons (Fsp3) is 0.429. The zero-order valence-electron chi connectivity index (χ0n) is 14.5. The van der Waals surface area contributed by atoms with Crippen molar-refractivity contribution in [2.75, 3.05) is 13.1 Å². The highest BCUT2D eigenvalue weighted by Crippen LogP contribution is 2.37. The Hall–Kier alpha value is -1.52. The molecule has 0 radical (unpaired) electrons. The molecule has 0 aliphatic carbocycles. The van der Waals surface area contributed by atoms with Crippen molar-refractivity contribution in [2.45, 2.75) is 37.8 Å². The number of benzene rings is 2. The monoisotopic (exact) mass is 381 g/mol. The molecule has 2 atom stereocenters. The summed E-state index contributed by atoms with van der Waals surface area (Å²) in [7, 11) is 0. The summed E-state index contributed by atoms with van der Waals surface area (Å²) < 4.78 is 40.6. The van der Waals surface area contributed by atoms with E-state index < -0.39 is 12.1 Å². The van der Waals surface area contributed by atoms with Crippen molar-refractivity contribution >= 4 is 11.6 Å². The van der Waals surface area contributed by atoms with Crippen molar-refractivity contribution < 1.29 is 13.2 Å². The van der Waals surface area contributed by atoms with E-state index in [2.05, 4.69) is 5.32 Å². The maximum absolute atomic E-state index is 13.5. The molecular formula is C21H23ClF3N. The van der Waals surface area contributed by atoms with Crippen LogP contribution in [0.1, 0.15) is 35.4 Å². The molecule has 1 fully saturated rings. The van der Waals surface area contributed by atoms with Gasteiger partial charge in [-0.3, -0.25) is 0 Å². The fourth-order valence-corrected chi connectivity index (χ4v) is 3.65. The minimum Gasteiger partial charge on any atom is -0.316 e. The lowest BCUT2D eigenvalue weighted by Gasteiger charge is -2.21. The second-order valence-electron chi connectivity index (χ2n) is 7.06. The Balaban J connectivity index is 1.65. The van der Waals surface area contributed by atoms with Gasteiger partial charge in [0.2, 0.25) is 0 Å². The minimum absolute atomic E-state index is 0.0576. The third kappa shape index (κ3) is 5.24. The highest BCUT2D eigenvalue weighted by molar-refractivity contribution is 6.30. The van der Waals surface area contributed by atoms with Crippen molar-refractivity contribution in [3.05, 3.63) is 70.2 Å². The van der Waals surface area contributed by atoms with Gasteiger partial charge in [0.1, 0.15) is 0 Å². The molecule has 2 aromatic rings. The van der Waals surface area contributed by atoms with Gasteiger partial charge in [0.15, 0.2) is 0 Å². The lowest BCUT2D eigenvalue weighted by molar-refractivity contribution is -0.150. The van der Waals surface area contributed by atoms with Crippen LogP contribution in [-0.4, -0.2) is 19.3 Å². The smallest absolute Gasteiger partial charge is 0.316 e. The maximum atomic E-state index is 13.5. The first kappa shape index (κ1) is 19.2. The largest absolute Gasteiger partial charge is 0.396 e. The highest BCUT2D eigenvalue weighted by atomic mass is 35.5. The average molecular weight is 382 g/mol. The molecule has 2 aromatic carbocycles. The molecule has 0 aromatic heterocycles. The quantitative estimate of drug-likeness (QED) is 0.669. The van der Waals surface area contributed by atoms with Crippen molar-refractivity contribution in [1.82, 2.24) is 5.32 Å². The number of nitrogens with one attached hydrogen (secondary N) is 1. The Morgan fingerprint density at radius 1 is 1.00 bits per heavy atom. The Morgan fingerprint density at radius 2 is 1.65 bits per heavy atom. The van der Waals surface area contributed by atoms with Crippen molar-refractivity contribution in [3.8, 4) is 0 Å². The standard InChI is InChI=1S/C21H23ClF3N/c22-19-9-7-18(8-10-19)20(21(23,24)25)13-16-4-1-15(2-5-16)3-6-17-11-12-26-14-17/h1-2,4-5,7-10,17,20,26H,3,6,11-14H2. The van der Waals surface area contributed by atoms with Crippen LogP contribution in [0.3, 0.4) is 0 Å².